The highest BCUT2D eigenvalue weighted by atomic mass is 16.2. The zero-order valence-corrected chi connectivity index (χ0v) is 13.7. The van der Waals surface area contributed by atoms with E-state index in [-0.39, 0.29) is 17.7 Å². The van der Waals surface area contributed by atoms with Crippen molar-refractivity contribution in [1.29, 1.82) is 0 Å². The number of H-pyrrole nitrogens is 1. The molecule has 0 aliphatic carbocycles. The van der Waals surface area contributed by atoms with Crippen LogP contribution in [0, 0.1) is 6.92 Å². The quantitative estimate of drug-likeness (QED) is 0.840. The lowest BCUT2D eigenvalue weighted by Crippen LogP contribution is -2.43. The molecule has 0 radical (unpaired) electrons. The highest BCUT2D eigenvalue weighted by Crippen LogP contribution is 2.31. The zero-order valence-electron chi connectivity index (χ0n) is 13.7. The SMILES string of the molecule is CCc1c(C(=O)N2C3CCNCC2CC3)[nH]c(C)c1C(C)=O. The Morgan fingerprint density at radius 3 is 2.64 bits per heavy atom. The minimum atomic E-state index is 0.0326. The number of fused-ring (bicyclic) bond motifs is 2. The topological polar surface area (TPSA) is 65.2 Å². The number of rotatable bonds is 3. The van der Waals surface area contributed by atoms with Crippen molar-refractivity contribution in [2.24, 2.45) is 0 Å². The predicted octanol–water partition coefficient (Wildman–Crippen LogP) is 2.05. The number of nitrogens with one attached hydrogen (secondary N) is 2. The third kappa shape index (κ3) is 2.37. The van der Waals surface area contributed by atoms with Crippen LogP contribution in [0.4, 0.5) is 0 Å². The molecule has 2 aliphatic heterocycles. The summed E-state index contributed by atoms with van der Waals surface area (Å²) in [6.07, 6.45) is 3.88. The molecular formula is C17H25N3O2. The van der Waals surface area contributed by atoms with Crippen LogP contribution in [-0.2, 0) is 6.42 Å². The summed E-state index contributed by atoms with van der Waals surface area (Å²) in [4.78, 5) is 30.3. The zero-order chi connectivity index (χ0) is 15.9. The first-order valence-electron chi connectivity index (χ1n) is 8.30. The molecule has 3 rings (SSSR count). The number of aromatic amines is 1. The van der Waals surface area contributed by atoms with Gasteiger partial charge in [-0.1, -0.05) is 6.92 Å². The van der Waals surface area contributed by atoms with Crippen molar-refractivity contribution in [3.63, 3.8) is 0 Å². The fraction of sp³-hybridized carbons (Fsp3) is 0.647. The lowest BCUT2D eigenvalue weighted by atomic mass is 10.0. The molecule has 120 valence electrons. The van der Waals surface area contributed by atoms with Gasteiger partial charge >= 0.3 is 0 Å². The Morgan fingerprint density at radius 2 is 1.95 bits per heavy atom. The molecule has 1 aromatic rings. The third-order valence-corrected chi connectivity index (χ3v) is 5.10. The minimum absolute atomic E-state index is 0.0326. The van der Waals surface area contributed by atoms with Crippen LogP contribution in [0.3, 0.4) is 0 Å². The maximum Gasteiger partial charge on any atom is 0.271 e. The van der Waals surface area contributed by atoms with Crippen LogP contribution >= 0.6 is 0 Å². The molecule has 2 fully saturated rings. The van der Waals surface area contributed by atoms with Gasteiger partial charge < -0.3 is 15.2 Å². The van der Waals surface area contributed by atoms with Gasteiger partial charge in [-0.2, -0.15) is 0 Å². The Hall–Kier alpha value is -1.62. The Labute approximate surface area is 131 Å². The summed E-state index contributed by atoms with van der Waals surface area (Å²) in [6, 6.07) is 0.621. The number of aromatic nitrogens is 1. The van der Waals surface area contributed by atoms with Gasteiger partial charge in [-0.15, -0.1) is 0 Å². The number of amides is 1. The summed E-state index contributed by atoms with van der Waals surface area (Å²) in [5.74, 6) is 0.105. The maximum atomic E-state index is 13.1. The van der Waals surface area contributed by atoms with E-state index in [0.717, 1.165) is 43.6 Å². The molecular weight excluding hydrogens is 278 g/mol. The predicted molar refractivity (Wildman–Crippen MR) is 85.4 cm³/mol. The first-order valence-corrected chi connectivity index (χ1v) is 8.30. The molecule has 2 atom stereocenters. The van der Waals surface area contributed by atoms with Gasteiger partial charge in [0.15, 0.2) is 5.78 Å². The Morgan fingerprint density at radius 1 is 1.23 bits per heavy atom. The van der Waals surface area contributed by atoms with E-state index >= 15 is 0 Å². The second-order valence-corrected chi connectivity index (χ2v) is 6.48. The molecule has 3 heterocycles. The van der Waals surface area contributed by atoms with Crippen molar-refractivity contribution < 1.29 is 9.59 Å². The number of nitrogens with zero attached hydrogens (tertiary/aromatic N) is 1. The smallest absolute Gasteiger partial charge is 0.271 e. The average Bonchev–Trinajstić information content (AvgIpc) is 2.93. The van der Waals surface area contributed by atoms with E-state index in [9.17, 15) is 9.59 Å². The normalized spacial score (nSPS) is 24.4. The molecule has 2 bridgehead atoms. The standard InChI is InChI=1S/C17H25N3O2/c1-4-14-15(11(3)21)10(2)19-16(14)17(22)20-12-5-6-13(20)9-18-8-7-12/h12-13,18-19H,4-9H2,1-3H3. The fourth-order valence-corrected chi connectivity index (χ4v) is 4.13. The Bertz CT molecular complexity index is 591. The van der Waals surface area contributed by atoms with Gasteiger partial charge in [0, 0.05) is 29.9 Å². The van der Waals surface area contributed by atoms with Crippen molar-refractivity contribution in [3.05, 3.63) is 22.5 Å². The number of hydrogen-bond acceptors (Lipinski definition) is 3. The molecule has 2 saturated heterocycles. The molecule has 2 N–H and O–H groups in total. The van der Waals surface area contributed by atoms with E-state index in [1.165, 1.54) is 0 Å². The molecule has 1 aromatic heterocycles. The summed E-state index contributed by atoms with van der Waals surface area (Å²) >= 11 is 0. The van der Waals surface area contributed by atoms with Gasteiger partial charge in [0.1, 0.15) is 5.69 Å². The Kier molecular flexibility index (Phi) is 4.08. The average molecular weight is 303 g/mol. The van der Waals surface area contributed by atoms with Crippen molar-refractivity contribution in [2.75, 3.05) is 13.1 Å². The highest BCUT2D eigenvalue weighted by Gasteiger charge is 2.39. The summed E-state index contributed by atoms with van der Waals surface area (Å²) in [5, 5.41) is 3.42. The number of carbonyl (C=O) groups is 2. The van der Waals surface area contributed by atoms with E-state index in [4.69, 9.17) is 0 Å². The van der Waals surface area contributed by atoms with Crippen LogP contribution in [-0.4, -0.2) is 46.7 Å². The molecule has 2 unspecified atom stereocenters. The molecule has 0 saturated carbocycles. The van der Waals surface area contributed by atoms with Crippen LogP contribution < -0.4 is 5.32 Å². The fourth-order valence-electron chi connectivity index (χ4n) is 4.13. The highest BCUT2D eigenvalue weighted by molar-refractivity contribution is 6.03. The largest absolute Gasteiger partial charge is 0.354 e. The first-order chi connectivity index (χ1) is 10.5. The second-order valence-electron chi connectivity index (χ2n) is 6.48. The van der Waals surface area contributed by atoms with Crippen molar-refractivity contribution >= 4 is 11.7 Å². The summed E-state index contributed by atoms with van der Waals surface area (Å²) in [5.41, 5.74) is 3.02. The lowest BCUT2D eigenvalue weighted by molar-refractivity contribution is 0.0673. The van der Waals surface area contributed by atoms with Gasteiger partial charge in [-0.25, -0.2) is 0 Å². The van der Waals surface area contributed by atoms with Crippen LogP contribution in [0.1, 0.15) is 65.2 Å². The van der Waals surface area contributed by atoms with E-state index in [1.54, 1.807) is 6.92 Å². The summed E-state index contributed by atoms with van der Waals surface area (Å²) in [6.45, 7) is 7.32. The second kappa shape index (κ2) is 5.88. The van der Waals surface area contributed by atoms with E-state index < -0.39 is 0 Å². The Balaban J connectivity index is 1.99. The van der Waals surface area contributed by atoms with Gasteiger partial charge in [-0.05, 0) is 51.6 Å². The summed E-state index contributed by atoms with van der Waals surface area (Å²) < 4.78 is 0. The molecule has 1 amide bonds. The van der Waals surface area contributed by atoms with Crippen molar-refractivity contribution in [1.82, 2.24) is 15.2 Å². The van der Waals surface area contributed by atoms with E-state index in [0.29, 0.717) is 23.7 Å². The molecule has 0 aromatic carbocycles. The van der Waals surface area contributed by atoms with Crippen LogP contribution in [0.5, 0.6) is 0 Å². The number of carbonyl (C=O) groups excluding carboxylic acids is 2. The number of aryl methyl sites for hydroxylation is 1. The third-order valence-electron chi connectivity index (χ3n) is 5.10. The van der Waals surface area contributed by atoms with E-state index in [1.807, 2.05) is 13.8 Å². The van der Waals surface area contributed by atoms with Gasteiger partial charge in [-0.3, -0.25) is 9.59 Å². The number of hydrogen-bond donors (Lipinski definition) is 2. The first kappa shape index (κ1) is 15.3. The molecule has 5 heteroatoms. The molecule has 5 nitrogen and oxygen atoms in total. The van der Waals surface area contributed by atoms with Gasteiger partial charge in [0.25, 0.3) is 5.91 Å². The molecule has 2 aliphatic rings. The monoisotopic (exact) mass is 303 g/mol. The van der Waals surface area contributed by atoms with Gasteiger partial charge in [0.05, 0.1) is 0 Å². The van der Waals surface area contributed by atoms with Crippen molar-refractivity contribution in [3.8, 4) is 0 Å². The van der Waals surface area contributed by atoms with Crippen LogP contribution in [0.15, 0.2) is 0 Å². The maximum absolute atomic E-state index is 13.1. The molecule has 22 heavy (non-hydrogen) atoms. The molecule has 0 spiro atoms. The minimum Gasteiger partial charge on any atom is -0.354 e. The van der Waals surface area contributed by atoms with Crippen LogP contribution in [0.25, 0.3) is 0 Å². The summed E-state index contributed by atoms with van der Waals surface area (Å²) in [7, 11) is 0. The lowest BCUT2D eigenvalue weighted by Gasteiger charge is -2.28. The van der Waals surface area contributed by atoms with Gasteiger partial charge in [0.2, 0.25) is 0 Å². The van der Waals surface area contributed by atoms with Crippen molar-refractivity contribution in [2.45, 2.75) is 58.5 Å². The number of ketones is 1. The number of Topliss-reactive ketones (excluding diaryl/α,β-unsaturated/α-hetero) is 1. The van der Waals surface area contributed by atoms with E-state index in [2.05, 4.69) is 15.2 Å². The van der Waals surface area contributed by atoms with Crippen LogP contribution in [0.2, 0.25) is 0 Å².